The first-order valence-electron chi connectivity index (χ1n) is 7.13. The minimum absolute atomic E-state index is 0.169. The second-order valence-corrected chi connectivity index (χ2v) is 5.81. The zero-order valence-electron chi connectivity index (χ0n) is 11.9. The van der Waals surface area contributed by atoms with Crippen LogP contribution in [0.25, 0.3) is 11.0 Å². The molecule has 1 aromatic heterocycles. The molecule has 110 valence electrons. The molecule has 0 radical (unpaired) electrons. The first-order valence-corrected chi connectivity index (χ1v) is 7.51. The minimum Gasteiger partial charge on any atom is -0.369 e. The van der Waals surface area contributed by atoms with Gasteiger partial charge in [0.15, 0.2) is 0 Å². The Morgan fingerprint density at radius 2 is 2.14 bits per heavy atom. The molecule has 1 saturated heterocycles. The smallest absolute Gasteiger partial charge is 0.0991 e. The van der Waals surface area contributed by atoms with E-state index in [1.54, 1.807) is 6.33 Å². The molecule has 1 aliphatic heterocycles. The summed E-state index contributed by atoms with van der Waals surface area (Å²) in [6, 6.07) is 14.3. The maximum Gasteiger partial charge on any atom is 0.0991 e. The summed E-state index contributed by atoms with van der Waals surface area (Å²) in [5.74, 6) is 0.889. The third-order valence-electron chi connectivity index (χ3n) is 4.02. The molecule has 22 heavy (non-hydrogen) atoms. The summed E-state index contributed by atoms with van der Waals surface area (Å²) in [6.45, 7) is 4.93. The Kier molecular flexibility index (Phi) is 3.05. The number of imidazole rings is 1. The van der Waals surface area contributed by atoms with Crippen LogP contribution in [0.1, 0.15) is 11.6 Å². The maximum absolute atomic E-state index is 6.14. The molecule has 0 amide bonds. The van der Waals surface area contributed by atoms with Gasteiger partial charge in [0.25, 0.3) is 0 Å². The number of hydrogen-bond acceptors (Lipinski definition) is 3. The average Bonchev–Trinajstić information content (AvgIpc) is 3.12. The van der Waals surface area contributed by atoms with Gasteiger partial charge in [-0.1, -0.05) is 30.3 Å². The number of rotatable bonds is 2. The highest BCUT2D eigenvalue weighted by Gasteiger charge is 2.29. The molecule has 1 unspecified atom stereocenters. The highest BCUT2D eigenvalue weighted by Crippen LogP contribution is 2.35. The Morgan fingerprint density at radius 1 is 1.23 bits per heavy atom. The predicted molar refractivity (Wildman–Crippen MR) is 89.9 cm³/mol. The number of nitrogens with one attached hydrogen (secondary N) is 2. The van der Waals surface area contributed by atoms with Crippen LogP contribution in [0.3, 0.4) is 0 Å². The molecule has 5 heteroatoms. The van der Waals surface area contributed by atoms with E-state index in [2.05, 4.69) is 45.0 Å². The van der Waals surface area contributed by atoms with Gasteiger partial charge in [-0.2, -0.15) is 0 Å². The van der Waals surface area contributed by atoms with Gasteiger partial charge in [-0.05, 0) is 35.9 Å². The second-order valence-electron chi connectivity index (χ2n) is 5.37. The molecule has 1 aliphatic rings. The van der Waals surface area contributed by atoms with Crippen LogP contribution >= 0.6 is 11.6 Å². The molecule has 2 N–H and O–H groups in total. The number of hydrogen-bond donors (Lipinski definition) is 2. The topological polar surface area (TPSA) is 44.0 Å². The number of anilines is 1. The fourth-order valence-corrected chi connectivity index (χ4v) is 3.16. The van der Waals surface area contributed by atoms with Gasteiger partial charge < -0.3 is 15.2 Å². The standard InChI is InChI=1S/C17H15ClN4/c1-11-19-9-17(12-3-2-4-13(18)7-12)22(11)14-5-6-15-16(8-14)21-10-20-15/h2-8,10,17,19H,1,9H2,(H,20,21). The summed E-state index contributed by atoms with van der Waals surface area (Å²) in [7, 11) is 0. The van der Waals surface area contributed by atoms with Crippen LogP contribution in [-0.2, 0) is 0 Å². The first-order chi connectivity index (χ1) is 10.7. The molecule has 4 nitrogen and oxygen atoms in total. The molecule has 4 rings (SSSR count). The summed E-state index contributed by atoms with van der Waals surface area (Å²) in [4.78, 5) is 9.64. The van der Waals surface area contributed by atoms with Crippen LogP contribution in [0.15, 0.2) is 61.2 Å². The van der Waals surface area contributed by atoms with Crippen molar-refractivity contribution in [3.05, 3.63) is 71.8 Å². The minimum atomic E-state index is 0.169. The maximum atomic E-state index is 6.14. The Labute approximate surface area is 133 Å². The first kappa shape index (κ1) is 13.2. The van der Waals surface area contributed by atoms with Crippen molar-refractivity contribution in [1.82, 2.24) is 15.3 Å². The van der Waals surface area contributed by atoms with Gasteiger partial charge in [0, 0.05) is 17.3 Å². The van der Waals surface area contributed by atoms with Gasteiger partial charge >= 0.3 is 0 Å². The van der Waals surface area contributed by atoms with Crippen molar-refractivity contribution in [2.24, 2.45) is 0 Å². The van der Waals surface area contributed by atoms with Gasteiger partial charge in [0.2, 0.25) is 0 Å². The van der Waals surface area contributed by atoms with E-state index in [0.29, 0.717) is 0 Å². The molecule has 0 saturated carbocycles. The molecule has 1 fully saturated rings. The zero-order chi connectivity index (χ0) is 15.1. The highest BCUT2D eigenvalue weighted by molar-refractivity contribution is 6.30. The predicted octanol–water partition coefficient (Wildman–Crippen LogP) is 3.84. The van der Waals surface area contributed by atoms with Crippen molar-refractivity contribution < 1.29 is 0 Å². The van der Waals surface area contributed by atoms with E-state index in [-0.39, 0.29) is 6.04 Å². The lowest BCUT2D eigenvalue weighted by Gasteiger charge is -2.26. The molecule has 1 atom stereocenters. The lowest BCUT2D eigenvalue weighted by molar-refractivity contribution is 0.757. The van der Waals surface area contributed by atoms with Gasteiger partial charge in [0.1, 0.15) is 0 Å². The largest absolute Gasteiger partial charge is 0.369 e. The monoisotopic (exact) mass is 310 g/mol. The van der Waals surface area contributed by atoms with E-state index in [0.717, 1.165) is 34.1 Å². The summed E-state index contributed by atoms with van der Waals surface area (Å²) in [5, 5.41) is 4.09. The fraction of sp³-hybridized carbons (Fsp3) is 0.118. The van der Waals surface area contributed by atoms with Gasteiger partial charge in [-0.15, -0.1) is 0 Å². The Morgan fingerprint density at radius 3 is 3.00 bits per heavy atom. The van der Waals surface area contributed by atoms with Crippen molar-refractivity contribution in [2.45, 2.75) is 6.04 Å². The zero-order valence-corrected chi connectivity index (χ0v) is 12.6. The van der Waals surface area contributed by atoms with E-state index >= 15 is 0 Å². The number of aromatic nitrogens is 2. The summed E-state index contributed by atoms with van der Waals surface area (Å²) >= 11 is 6.14. The molecular formula is C17H15ClN4. The Bertz CT molecular complexity index is 854. The summed E-state index contributed by atoms with van der Waals surface area (Å²) in [6.07, 6.45) is 1.71. The SMILES string of the molecule is C=C1NCC(c2cccc(Cl)c2)N1c1ccc2[nH]cnc2c1. The van der Waals surface area contributed by atoms with E-state index in [1.165, 1.54) is 5.56 Å². The number of nitrogens with zero attached hydrogens (tertiary/aromatic N) is 2. The normalized spacial score (nSPS) is 18.0. The number of benzene rings is 2. The third kappa shape index (κ3) is 2.12. The lowest BCUT2D eigenvalue weighted by atomic mass is 10.1. The molecule has 0 spiro atoms. The van der Waals surface area contributed by atoms with Gasteiger partial charge in [-0.3, -0.25) is 0 Å². The van der Waals surface area contributed by atoms with Crippen molar-refractivity contribution in [2.75, 3.05) is 11.4 Å². The van der Waals surface area contributed by atoms with Crippen LogP contribution in [0.2, 0.25) is 5.02 Å². The van der Waals surface area contributed by atoms with Crippen LogP contribution in [-0.4, -0.2) is 16.5 Å². The van der Waals surface area contributed by atoms with Crippen molar-refractivity contribution in [3.8, 4) is 0 Å². The molecule has 0 aliphatic carbocycles. The second kappa shape index (κ2) is 5.07. The molecule has 0 bridgehead atoms. The number of aromatic amines is 1. The molecule has 3 aromatic rings. The quantitative estimate of drug-likeness (QED) is 0.756. The Balaban J connectivity index is 1.78. The van der Waals surface area contributed by atoms with Crippen LogP contribution in [0.5, 0.6) is 0 Å². The molecule has 2 heterocycles. The van der Waals surface area contributed by atoms with Crippen molar-refractivity contribution in [3.63, 3.8) is 0 Å². The van der Waals surface area contributed by atoms with E-state index in [4.69, 9.17) is 11.6 Å². The van der Waals surface area contributed by atoms with Crippen molar-refractivity contribution >= 4 is 28.3 Å². The number of fused-ring (bicyclic) bond motifs is 1. The van der Waals surface area contributed by atoms with Crippen LogP contribution < -0.4 is 10.2 Å². The molecular weight excluding hydrogens is 296 g/mol. The van der Waals surface area contributed by atoms with E-state index in [9.17, 15) is 0 Å². The van der Waals surface area contributed by atoms with E-state index < -0.39 is 0 Å². The van der Waals surface area contributed by atoms with Crippen LogP contribution in [0, 0.1) is 0 Å². The van der Waals surface area contributed by atoms with Gasteiger partial charge in [-0.25, -0.2) is 4.98 Å². The number of halogens is 1. The third-order valence-corrected chi connectivity index (χ3v) is 4.25. The van der Waals surface area contributed by atoms with Crippen LogP contribution in [0.4, 0.5) is 5.69 Å². The molecule has 2 aromatic carbocycles. The van der Waals surface area contributed by atoms with E-state index in [1.807, 2.05) is 24.3 Å². The van der Waals surface area contributed by atoms with Crippen molar-refractivity contribution in [1.29, 1.82) is 0 Å². The summed E-state index contributed by atoms with van der Waals surface area (Å²) < 4.78 is 0. The number of H-pyrrole nitrogens is 1. The highest BCUT2D eigenvalue weighted by atomic mass is 35.5. The lowest BCUT2D eigenvalue weighted by Crippen LogP contribution is -2.22. The summed E-state index contributed by atoms with van der Waals surface area (Å²) in [5.41, 5.74) is 4.21. The average molecular weight is 311 g/mol. The van der Waals surface area contributed by atoms with Gasteiger partial charge in [0.05, 0.1) is 29.2 Å². The Hall–Kier alpha value is -2.46. The fourth-order valence-electron chi connectivity index (χ4n) is 2.97.